The van der Waals surface area contributed by atoms with Gasteiger partial charge < -0.3 is 5.32 Å². The lowest BCUT2D eigenvalue weighted by atomic mass is 9.97. The summed E-state index contributed by atoms with van der Waals surface area (Å²) in [6.07, 6.45) is 3.75. The number of anilines is 1. The van der Waals surface area contributed by atoms with Gasteiger partial charge in [-0.1, -0.05) is 25.1 Å². The standard InChI is InChI=1S/C11H15N/c1-2-10-8-7-9-5-3-4-6-11(9)12-10/h3-6,10,12H,2,7-8H2,1H3. The predicted molar refractivity (Wildman–Crippen MR) is 52.5 cm³/mol. The summed E-state index contributed by atoms with van der Waals surface area (Å²) in [5, 5.41) is 3.55. The number of benzene rings is 1. The van der Waals surface area contributed by atoms with E-state index in [2.05, 4.69) is 36.5 Å². The van der Waals surface area contributed by atoms with Crippen LogP contribution in [0.25, 0.3) is 0 Å². The maximum Gasteiger partial charge on any atom is 0.0374 e. The van der Waals surface area contributed by atoms with E-state index in [1.54, 1.807) is 0 Å². The van der Waals surface area contributed by atoms with Gasteiger partial charge in [-0.3, -0.25) is 0 Å². The molecule has 12 heavy (non-hydrogen) atoms. The number of rotatable bonds is 1. The van der Waals surface area contributed by atoms with Crippen LogP contribution >= 0.6 is 0 Å². The molecule has 1 heterocycles. The first-order valence-electron chi connectivity index (χ1n) is 4.74. The summed E-state index contributed by atoms with van der Waals surface area (Å²) in [6, 6.07) is 9.31. The van der Waals surface area contributed by atoms with Crippen LogP contribution < -0.4 is 5.32 Å². The van der Waals surface area contributed by atoms with E-state index in [0.717, 1.165) is 0 Å². The molecular formula is C11H15N. The molecule has 1 N–H and O–H groups in total. The molecule has 0 radical (unpaired) electrons. The van der Waals surface area contributed by atoms with E-state index in [1.807, 2.05) is 0 Å². The molecule has 0 saturated heterocycles. The van der Waals surface area contributed by atoms with E-state index in [9.17, 15) is 0 Å². The van der Waals surface area contributed by atoms with Crippen molar-refractivity contribution in [2.75, 3.05) is 5.32 Å². The van der Waals surface area contributed by atoms with Gasteiger partial charge in [0.1, 0.15) is 0 Å². The summed E-state index contributed by atoms with van der Waals surface area (Å²) in [7, 11) is 0. The van der Waals surface area contributed by atoms with Gasteiger partial charge in [0.2, 0.25) is 0 Å². The second kappa shape index (κ2) is 3.18. The largest absolute Gasteiger partial charge is 0.382 e. The van der Waals surface area contributed by atoms with Crippen molar-refractivity contribution in [3.8, 4) is 0 Å². The molecule has 1 heteroatoms. The average Bonchev–Trinajstić information content (AvgIpc) is 2.17. The highest BCUT2D eigenvalue weighted by Crippen LogP contribution is 2.24. The molecule has 2 rings (SSSR count). The fourth-order valence-electron chi connectivity index (χ4n) is 1.81. The molecule has 0 spiro atoms. The van der Waals surface area contributed by atoms with E-state index in [0.29, 0.717) is 6.04 Å². The van der Waals surface area contributed by atoms with Gasteiger partial charge in [-0.2, -0.15) is 0 Å². The Labute approximate surface area is 73.8 Å². The lowest BCUT2D eigenvalue weighted by molar-refractivity contribution is 0.614. The Bertz CT molecular complexity index is 267. The number of hydrogen-bond donors (Lipinski definition) is 1. The molecule has 1 atom stereocenters. The van der Waals surface area contributed by atoms with Crippen LogP contribution in [-0.2, 0) is 6.42 Å². The zero-order valence-corrected chi connectivity index (χ0v) is 7.51. The summed E-state index contributed by atoms with van der Waals surface area (Å²) in [5.74, 6) is 0. The molecule has 1 unspecified atom stereocenters. The third-order valence-corrected chi connectivity index (χ3v) is 2.63. The Kier molecular flexibility index (Phi) is 2.03. The van der Waals surface area contributed by atoms with Crippen molar-refractivity contribution in [2.24, 2.45) is 0 Å². The molecule has 1 nitrogen and oxygen atoms in total. The molecule has 1 aromatic rings. The Morgan fingerprint density at radius 3 is 3.08 bits per heavy atom. The monoisotopic (exact) mass is 161 g/mol. The minimum Gasteiger partial charge on any atom is -0.382 e. The van der Waals surface area contributed by atoms with Crippen molar-refractivity contribution in [3.63, 3.8) is 0 Å². The number of nitrogens with one attached hydrogen (secondary N) is 1. The van der Waals surface area contributed by atoms with Crippen LogP contribution in [0.3, 0.4) is 0 Å². The topological polar surface area (TPSA) is 12.0 Å². The Hall–Kier alpha value is -0.980. The second-order valence-electron chi connectivity index (χ2n) is 3.45. The highest BCUT2D eigenvalue weighted by atomic mass is 14.9. The van der Waals surface area contributed by atoms with Gasteiger partial charge in [-0.25, -0.2) is 0 Å². The molecule has 0 saturated carbocycles. The van der Waals surface area contributed by atoms with Crippen molar-refractivity contribution < 1.29 is 0 Å². The van der Waals surface area contributed by atoms with Crippen LogP contribution in [0.15, 0.2) is 24.3 Å². The molecule has 1 aliphatic rings. The van der Waals surface area contributed by atoms with Crippen molar-refractivity contribution in [3.05, 3.63) is 29.8 Å². The van der Waals surface area contributed by atoms with Crippen molar-refractivity contribution >= 4 is 5.69 Å². The normalized spacial score (nSPS) is 21.2. The SMILES string of the molecule is CCC1CCc2ccccc2N1. The molecule has 1 aliphatic heterocycles. The third kappa shape index (κ3) is 1.31. The maximum atomic E-state index is 3.55. The van der Waals surface area contributed by atoms with Gasteiger partial charge in [0.05, 0.1) is 0 Å². The molecule has 0 bridgehead atoms. The van der Waals surface area contributed by atoms with Crippen molar-refractivity contribution in [1.29, 1.82) is 0 Å². The average molecular weight is 161 g/mol. The molecule has 1 aromatic carbocycles. The second-order valence-corrected chi connectivity index (χ2v) is 3.45. The smallest absolute Gasteiger partial charge is 0.0374 e. The highest BCUT2D eigenvalue weighted by molar-refractivity contribution is 5.53. The molecule has 0 aromatic heterocycles. The number of para-hydroxylation sites is 1. The predicted octanol–water partition coefficient (Wildman–Crippen LogP) is 2.82. The Morgan fingerprint density at radius 2 is 2.25 bits per heavy atom. The van der Waals surface area contributed by atoms with Gasteiger partial charge in [-0.15, -0.1) is 0 Å². The molecular weight excluding hydrogens is 146 g/mol. The minimum atomic E-state index is 0.694. The summed E-state index contributed by atoms with van der Waals surface area (Å²) in [4.78, 5) is 0. The molecule has 64 valence electrons. The zero-order valence-electron chi connectivity index (χ0n) is 7.51. The first-order chi connectivity index (χ1) is 5.90. The minimum absolute atomic E-state index is 0.694. The summed E-state index contributed by atoms with van der Waals surface area (Å²) in [5.41, 5.74) is 2.82. The third-order valence-electron chi connectivity index (χ3n) is 2.63. The Balaban J connectivity index is 2.23. The van der Waals surface area contributed by atoms with Gasteiger partial charge in [0, 0.05) is 11.7 Å². The zero-order chi connectivity index (χ0) is 8.39. The fraction of sp³-hybridized carbons (Fsp3) is 0.455. The molecule has 0 amide bonds. The summed E-state index contributed by atoms with van der Waals surface area (Å²) < 4.78 is 0. The maximum absolute atomic E-state index is 3.55. The van der Waals surface area contributed by atoms with Crippen LogP contribution in [0.1, 0.15) is 25.3 Å². The van der Waals surface area contributed by atoms with Crippen molar-refractivity contribution in [1.82, 2.24) is 0 Å². The number of hydrogen-bond acceptors (Lipinski definition) is 1. The van der Waals surface area contributed by atoms with Crippen LogP contribution in [0.2, 0.25) is 0 Å². The summed E-state index contributed by atoms with van der Waals surface area (Å²) >= 11 is 0. The number of fused-ring (bicyclic) bond motifs is 1. The van der Waals surface area contributed by atoms with E-state index >= 15 is 0 Å². The first-order valence-corrected chi connectivity index (χ1v) is 4.74. The quantitative estimate of drug-likeness (QED) is 0.667. The summed E-state index contributed by atoms with van der Waals surface area (Å²) in [6.45, 7) is 2.24. The number of aryl methyl sites for hydroxylation is 1. The molecule has 0 aliphatic carbocycles. The molecule has 0 fully saturated rings. The Morgan fingerprint density at radius 1 is 1.42 bits per heavy atom. The van der Waals surface area contributed by atoms with Gasteiger partial charge in [0.25, 0.3) is 0 Å². The van der Waals surface area contributed by atoms with Gasteiger partial charge in [0.15, 0.2) is 0 Å². The fourth-order valence-corrected chi connectivity index (χ4v) is 1.81. The highest BCUT2D eigenvalue weighted by Gasteiger charge is 2.14. The van der Waals surface area contributed by atoms with Crippen LogP contribution in [0, 0.1) is 0 Å². The van der Waals surface area contributed by atoms with Gasteiger partial charge in [-0.05, 0) is 30.9 Å². The first kappa shape index (κ1) is 7.66. The van der Waals surface area contributed by atoms with E-state index in [1.165, 1.54) is 30.5 Å². The lowest BCUT2D eigenvalue weighted by Gasteiger charge is -2.25. The van der Waals surface area contributed by atoms with E-state index in [-0.39, 0.29) is 0 Å². The van der Waals surface area contributed by atoms with E-state index in [4.69, 9.17) is 0 Å². The van der Waals surface area contributed by atoms with Crippen molar-refractivity contribution in [2.45, 2.75) is 32.2 Å². The van der Waals surface area contributed by atoms with Crippen LogP contribution in [0.5, 0.6) is 0 Å². The lowest BCUT2D eigenvalue weighted by Crippen LogP contribution is -2.24. The van der Waals surface area contributed by atoms with Gasteiger partial charge >= 0.3 is 0 Å². The van der Waals surface area contributed by atoms with E-state index < -0.39 is 0 Å². The van der Waals surface area contributed by atoms with Crippen LogP contribution in [-0.4, -0.2) is 6.04 Å². The van der Waals surface area contributed by atoms with Crippen LogP contribution in [0.4, 0.5) is 5.69 Å².